The molecule has 0 aromatic rings. The first-order valence-electron chi connectivity index (χ1n) is 6.55. The Morgan fingerprint density at radius 1 is 1.05 bits per heavy atom. The van der Waals surface area contributed by atoms with E-state index in [2.05, 4.69) is 0 Å². The number of rotatable bonds is 7. The number of aliphatic hydroxyl groups is 1. The van der Waals surface area contributed by atoms with E-state index in [9.17, 15) is 19.5 Å². The van der Waals surface area contributed by atoms with Gasteiger partial charge in [0, 0.05) is 34.2 Å². The molecule has 0 unspecified atom stereocenters. The molecule has 120 valence electrons. The topological polar surface area (TPSA) is 102 Å². The fourth-order valence-corrected chi connectivity index (χ4v) is 2.36. The predicted molar refractivity (Wildman–Crippen MR) is 70.2 cm³/mol. The summed E-state index contributed by atoms with van der Waals surface area (Å²) in [5.74, 6) is -1.93. The van der Waals surface area contributed by atoms with Crippen molar-refractivity contribution in [2.45, 2.75) is 44.2 Å². The molecule has 21 heavy (non-hydrogen) atoms. The fourth-order valence-electron chi connectivity index (χ4n) is 2.36. The number of likely N-dealkylation sites (tertiary alicyclic amines) is 1. The summed E-state index contributed by atoms with van der Waals surface area (Å²) in [6.45, 7) is 1.48. The Kier molecular flexibility index (Phi) is 6.41. The number of amides is 3. The van der Waals surface area contributed by atoms with Gasteiger partial charge in [0.15, 0.2) is 6.10 Å². The summed E-state index contributed by atoms with van der Waals surface area (Å²) in [5, 5.41) is 9.69. The maximum absolute atomic E-state index is 12.4. The largest absolute Gasteiger partial charge is 0.391 e. The molecule has 0 aromatic heterocycles. The Balaban J connectivity index is 3.01. The first kappa shape index (κ1) is 17.7. The number of carbonyl (C=O) groups excluding carboxylic acids is 3. The maximum atomic E-state index is 12.4. The Hall–Kier alpha value is -1.35. The molecule has 1 saturated heterocycles. The van der Waals surface area contributed by atoms with Crippen LogP contribution in [-0.4, -0.2) is 73.5 Å². The number of methoxy groups -OCH3 is 3. The number of nitrogens with zero attached hydrogens (tertiary/aromatic N) is 1. The van der Waals surface area contributed by atoms with Gasteiger partial charge in [-0.1, -0.05) is 0 Å². The second-order valence-electron chi connectivity index (χ2n) is 4.76. The van der Waals surface area contributed by atoms with Crippen molar-refractivity contribution in [1.82, 2.24) is 4.90 Å². The molecule has 0 bridgehead atoms. The van der Waals surface area contributed by atoms with E-state index in [4.69, 9.17) is 14.2 Å². The Morgan fingerprint density at radius 3 is 1.86 bits per heavy atom. The van der Waals surface area contributed by atoms with Gasteiger partial charge < -0.3 is 19.3 Å². The van der Waals surface area contributed by atoms with Gasteiger partial charge in [0.05, 0.1) is 6.10 Å². The molecular formula is C13H21NO7. The summed E-state index contributed by atoms with van der Waals surface area (Å²) < 4.78 is 15.4. The van der Waals surface area contributed by atoms with Crippen molar-refractivity contribution in [3.63, 3.8) is 0 Å². The lowest BCUT2D eigenvalue weighted by atomic mass is 10.0. The van der Waals surface area contributed by atoms with Gasteiger partial charge in [-0.05, 0) is 6.92 Å². The summed E-state index contributed by atoms with van der Waals surface area (Å²) in [6, 6.07) is 0. The zero-order chi connectivity index (χ0) is 16.2. The van der Waals surface area contributed by atoms with E-state index >= 15 is 0 Å². The third-order valence-electron chi connectivity index (χ3n) is 3.41. The third kappa shape index (κ3) is 3.65. The molecule has 8 heteroatoms. The van der Waals surface area contributed by atoms with Crippen molar-refractivity contribution in [1.29, 1.82) is 0 Å². The zero-order valence-electron chi connectivity index (χ0n) is 12.6. The number of imide groups is 3. The average Bonchev–Trinajstić information content (AvgIpc) is 2.77. The van der Waals surface area contributed by atoms with Crippen LogP contribution < -0.4 is 0 Å². The third-order valence-corrected chi connectivity index (χ3v) is 3.41. The van der Waals surface area contributed by atoms with Crippen LogP contribution in [0.1, 0.15) is 19.8 Å². The van der Waals surface area contributed by atoms with E-state index in [0.29, 0.717) is 4.90 Å². The highest BCUT2D eigenvalue weighted by atomic mass is 16.6. The molecule has 8 nitrogen and oxygen atoms in total. The lowest BCUT2D eigenvalue weighted by molar-refractivity contribution is -0.172. The molecule has 0 saturated carbocycles. The first-order valence-corrected chi connectivity index (χ1v) is 6.55. The van der Waals surface area contributed by atoms with E-state index < -0.39 is 42.1 Å². The minimum Gasteiger partial charge on any atom is -0.391 e. The van der Waals surface area contributed by atoms with Crippen LogP contribution >= 0.6 is 0 Å². The van der Waals surface area contributed by atoms with Gasteiger partial charge in [0.1, 0.15) is 12.2 Å². The van der Waals surface area contributed by atoms with E-state index in [0.717, 1.165) is 0 Å². The van der Waals surface area contributed by atoms with Crippen LogP contribution in [0, 0.1) is 0 Å². The minimum absolute atomic E-state index is 0.00274. The number of ether oxygens (including phenoxy) is 3. The van der Waals surface area contributed by atoms with Crippen LogP contribution in [0.3, 0.4) is 0 Å². The zero-order valence-corrected chi connectivity index (χ0v) is 12.6. The van der Waals surface area contributed by atoms with Crippen molar-refractivity contribution in [3.05, 3.63) is 0 Å². The molecular weight excluding hydrogens is 282 g/mol. The summed E-state index contributed by atoms with van der Waals surface area (Å²) in [4.78, 5) is 36.2. The lowest BCUT2D eigenvalue weighted by Gasteiger charge is -2.32. The fraction of sp³-hybridized carbons (Fsp3) is 0.769. The molecule has 4 atom stereocenters. The van der Waals surface area contributed by atoms with Crippen molar-refractivity contribution < 1.29 is 33.7 Å². The lowest BCUT2D eigenvalue weighted by Crippen LogP contribution is -2.54. The van der Waals surface area contributed by atoms with Crippen LogP contribution in [0.5, 0.6) is 0 Å². The summed E-state index contributed by atoms with van der Waals surface area (Å²) in [6.07, 6.45) is -3.98. The number of hydrogen-bond acceptors (Lipinski definition) is 7. The number of carbonyl (C=O) groups is 3. The number of aliphatic hydroxyl groups excluding tert-OH is 1. The molecule has 0 spiro atoms. The summed E-state index contributed by atoms with van der Waals surface area (Å²) >= 11 is 0. The minimum atomic E-state index is -1.24. The number of hydrogen-bond donors (Lipinski definition) is 1. The highest BCUT2D eigenvalue weighted by Crippen LogP contribution is 2.20. The van der Waals surface area contributed by atoms with Gasteiger partial charge in [0.25, 0.3) is 5.91 Å². The molecule has 1 aliphatic heterocycles. The molecule has 1 fully saturated rings. The monoisotopic (exact) mass is 303 g/mol. The van der Waals surface area contributed by atoms with Crippen LogP contribution in [0.15, 0.2) is 0 Å². The summed E-state index contributed by atoms with van der Waals surface area (Å²) in [5.41, 5.74) is 0. The quantitative estimate of drug-likeness (QED) is 0.607. The molecule has 1 heterocycles. The highest BCUT2D eigenvalue weighted by Gasteiger charge is 2.44. The van der Waals surface area contributed by atoms with Crippen molar-refractivity contribution >= 4 is 17.7 Å². The normalized spacial score (nSPS) is 21.3. The van der Waals surface area contributed by atoms with E-state index in [1.807, 2.05) is 0 Å². The average molecular weight is 303 g/mol. The molecule has 1 N–H and O–H groups in total. The van der Waals surface area contributed by atoms with Gasteiger partial charge in [-0.25, -0.2) is 4.90 Å². The van der Waals surface area contributed by atoms with Crippen molar-refractivity contribution in [3.8, 4) is 0 Å². The van der Waals surface area contributed by atoms with E-state index in [-0.39, 0.29) is 12.8 Å². The molecule has 1 aliphatic rings. The van der Waals surface area contributed by atoms with Crippen molar-refractivity contribution in [2.24, 2.45) is 0 Å². The van der Waals surface area contributed by atoms with Gasteiger partial charge in [0.2, 0.25) is 11.8 Å². The molecule has 0 aliphatic carbocycles. The van der Waals surface area contributed by atoms with Gasteiger partial charge >= 0.3 is 0 Å². The SMILES string of the molecule is CO[C@@H]([C@H](OC)[C@@H](C)O)[C@H](OC)C(=O)N1C(=O)CCC1=O. The van der Waals surface area contributed by atoms with Gasteiger partial charge in [-0.15, -0.1) is 0 Å². The summed E-state index contributed by atoms with van der Waals surface area (Å²) in [7, 11) is 3.94. The molecule has 0 radical (unpaired) electrons. The van der Waals surface area contributed by atoms with Gasteiger partial charge in [-0.3, -0.25) is 14.4 Å². The van der Waals surface area contributed by atoms with Crippen LogP contribution in [-0.2, 0) is 28.6 Å². The van der Waals surface area contributed by atoms with Crippen LogP contribution in [0.25, 0.3) is 0 Å². The second kappa shape index (κ2) is 7.60. The molecule has 3 amide bonds. The van der Waals surface area contributed by atoms with Crippen molar-refractivity contribution in [2.75, 3.05) is 21.3 Å². The predicted octanol–water partition coefficient (Wildman–Crippen LogP) is -0.912. The first-order chi connectivity index (χ1) is 9.88. The van der Waals surface area contributed by atoms with E-state index in [1.54, 1.807) is 0 Å². The standard InChI is InChI=1S/C13H21NO7/c1-7(15)10(19-2)11(20-3)12(21-4)13(18)14-8(16)5-6-9(14)17/h7,10-12,15H,5-6H2,1-4H3/t7-,10-,11+,12+/m1/s1. The Labute approximate surface area is 122 Å². The second-order valence-corrected chi connectivity index (χ2v) is 4.76. The maximum Gasteiger partial charge on any atom is 0.267 e. The molecule has 0 aromatic carbocycles. The van der Waals surface area contributed by atoms with E-state index in [1.165, 1.54) is 28.3 Å². The van der Waals surface area contributed by atoms with Gasteiger partial charge in [-0.2, -0.15) is 0 Å². The molecule has 1 rings (SSSR count). The smallest absolute Gasteiger partial charge is 0.267 e. The Morgan fingerprint density at radius 2 is 1.52 bits per heavy atom. The van der Waals surface area contributed by atoms with Crippen LogP contribution in [0.4, 0.5) is 0 Å². The van der Waals surface area contributed by atoms with Crippen LogP contribution in [0.2, 0.25) is 0 Å². The highest BCUT2D eigenvalue weighted by molar-refractivity contribution is 6.16. The Bertz CT molecular complexity index is 393.